The number of ether oxygens (including phenoxy) is 1. The molecular formula is C11H18N4O. The van der Waals surface area contributed by atoms with Gasteiger partial charge in [-0.05, 0) is 18.3 Å². The first-order valence-electron chi connectivity index (χ1n) is 5.57. The van der Waals surface area contributed by atoms with Crippen LogP contribution in [0, 0.1) is 5.41 Å². The van der Waals surface area contributed by atoms with Crippen LogP contribution in [0.1, 0.15) is 19.8 Å². The summed E-state index contributed by atoms with van der Waals surface area (Å²) in [5, 5.41) is 3.31. The Balaban J connectivity index is 1.91. The van der Waals surface area contributed by atoms with Crippen molar-refractivity contribution < 1.29 is 4.74 Å². The van der Waals surface area contributed by atoms with Gasteiger partial charge in [0, 0.05) is 25.8 Å². The molecule has 1 saturated heterocycles. The van der Waals surface area contributed by atoms with Crippen LogP contribution in [0.3, 0.4) is 0 Å². The molecule has 5 nitrogen and oxygen atoms in total. The molecule has 3 N–H and O–H groups in total. The number of nitrogens with one attached hydrogen (secondary N) is 1. The molecule has 88 valence electrons. The second kappa shape index (κ2) is 4.65. The summed E-state index contributed by atoms with van der Waals surface area (Å²) >= 11 is 0. The number of nitrogens with zero attached hydrogens (tertiary/aromatic N) is 2. The van der Waals surface area contributed by atoms with Crippen molar-refractivity contribution in [2.24, 2.45) is 5.41 Å². The summed E-state index contributed by atoms with van der Waals surface area (Å²) in [4.78, 5) is 7.98. The molecule has 1 aliphatic rings. The summed E-state index contributed by atoms with van der Waals surface area (Å²) in [6, 6.07) is 1.75. The van der Waals surface area contributed by atoms with Gasteiger partial charge in [-0.15, -0.1) is 0 Å². The highest BCUT2D eigenvalue weighted by atomic mass is 16.5. The second-order valence-corrected chi connectivity index (χ2v) is 4.60. The van der Waals surface area contributed by atoms with Gasteiger partial charge in [-0.1, -0.05) is 6.92 Å². The molecule has 2 heterocycles. The molecule has 1 aliphatic heterocycles. The van der Waals surface area contributed by atoms with Gasteiger partial charge in [-0.3, -0.25) is 0 Å². The van der Waals surface area contributed by atoms with E-state index in [9.17, 15) is 0 Å². The van der Waals surface area contributed by atoms with Crippen molar-refractivity contribution in [1.82, 2.24) is 9.97 Å². The Kier molecular flexibility index (Phi) is 3.24. The highest BCUT2D eigenvalue weighted by Gasteiger charge is 2.27. The lowest BCUT2D eigenvalue weighted by Crippen LogP contribution is -2.33. The van der Waals surface area contributed by atoms with E-state index in [2.05, 4.69) is 22.2 Å². The Hall–Kier alpha value is -1.36. The maximum atomic E-state index is 5.59. The van der Waals surface area contributed by atoms with Crippen molar-refractivity contribution in [3.05, 3.63) is 12.4 Å². The third-order valence-corrected chi connectivity index (χ3v) is 3.08. The number of hydrogen-bond acceptors (Lipinski definition) is 5. The fourth-order valence-electron chi connectivity index (χ4n) is 1.81. The molecule has 0 atom stereocenters. The van der Waals surface area contributed by atoms with Crippen molar-refractivity contribution in [3.63, 3.8) is 0 Å². The lowest BCUT2D eigenvalue weighted by Gasteiger charge is -2.33. The third-order valence-electron chi connectivity index (χ3n) is 3.08. The highest BCUT2D eigenvalue weighted by molar-refractivity contribution is 5.43. The predicted octanol–water partition coefficient (Wildman–Crippen LogP) is 1.29. The topological polar surface area (TPSA) is 73.1 Å². The van der Waals surface area contributed by atoms with Gasteiger partial charge in [0.05, 0.1) is 0 Å². The number of rotatable bonds is 3. The minimum atomic E-state index is 0.290. The normalized spacial score (nSPS) is 19.3. The van der Waals surface area contributed by atoms with E-state index < -0.39 is 0 Å². The molecule has 0 bridgehead atoms. The zero-order valence-corrected chi connectivity index (χ0v) is 9.57. The first-order valence-corrected chi connectivity index (χ1v) is 5.57. The van der Waals surface area contributed by atoms with Crippen molar-refractivity contribution in [2.75, 3.05) is 30.8 Å². The van der Waals surface area contributed by atoms with Gasteiger partial charge in [0.15, 0.2) is 0 Å². The molecule has 16 heavy (non-hydrogen) atoms. The van der Waals surface area contributed by atoms with E-state index in [1.807, 2.05) is 0 Å². The van der Waals surface area contributed by atoms with Gasteiger partial charge in [-0.25, -0.2) is 9.97 Å². The van der Waals surface area contributed by atoms with Gasteiger partial charge < -0.3 is 15.8 Å². The quantitative estimate of drug-likeness (QED) is 0.806. The number of anilines is 2. The molecule has 0 amide bonds. The Morgan fingerprint density at radius 2 is 2.19 bits per heavy atom. The average Bonchev–Trinajstić information content (AvgIpc) is 2.28. The maximum absolute atomic E-state index is 5.59. The number of nitrogen functional groups attached to an aromatic ring is 1. The SMILES string of the molecule is CC1(CNc2cc(N)ncn2)CCOCC1. The summed E-state index contributed by atoms with van der Waals surface area (Å²) in [6.07, 6.45) is 3.64. The minimum absolute atomic E-state index is 0.290. The largest absolute Gasteiger partial charge is 0.384 e. The summed E-state index contributed by atoms with van der Waals surface area (Å²) < 4.78 is 5.36. The summed E-state index contributed by atoms with van der Waals surface area (Å²) in [5.41, 5.74) is 5.88. The molecule has 0 aromatic carbocycles. The van der Waals surface area contributed by atoms with Crippen molar-refractivity contribution >= 4 is 11.6 Å². The predicted molar refractivity (Wildman–Crippen MR) is 63.1 cm³/mol. The van der Waals surface area contributed by atoms with E-state index in [-0.39, 0.29) is 5.41 Å². The molecule has 2 rings (SSSR count). The van der Waals surface area contributed by atoms with E-state index in [0.29, 0.717) is 5.82 Å². The van der Waals surface area contributed by atoms with E-state index in [1.54, 1.807) is 6.07 Å². The monoisotopic (exact) mass is 222 g/mol. The van der Waals surface area contributed by atoms with Crippen molar-refractivity contribution in [2.45, 2.75) is 19.8 Å². The number of nitrogens with two attached hydrogens (primary N) is 1. The molecule has 1 fully saturated rings. The minimum Gasteiger partial charge on any atom is -0.384 e. The molecular weight excluding hydrogens is 204 g/mol. The standard InChI is InChI=1S/C11H18N4O/c1-11(2-4-16-5-3-11)7-13-10-6-9(12)14-8-15-10/h6,8H,2-5,7H2,1H3,(H3,12,13,14,15). The van der Waals surface area contributed by atoms with Crippen molar-refractivity contribution in [3.8, 4) is 0 Å². The van der Waals surface area contributed by atoms with Crippen LogP contribution in [0.2, 0.25) is 0 Å². The molecule has 0 unspecified atom stereocenters. The molecule has 0 radical (unpaired) electrons. The molecule has 0 aliphatic carbocycles. The van der Waals surface area contributed by atoms with E-state index in [0.717, 1.165) is 38.4 Å². The van der Waals surface area contributed by atoms with Crippen LogP contribution < -0.4 is 11.1 Å². The van der Waals surface area contributed by atoms with Gasteiger partial charge >= 0.3 is 0 Å². The van der Waals surface area contributed by atoms with Crippen LogP contribution in [0.15, 0.2) is 12.4 Å². The van der Waals surface area contributed by atoms with Crippen LogP contribution >= 0.6 is 0 Å². The molecule has 0 saturated carbocycles. The third kappa shape index (κ3) is 2.82. The van der Waals surface area contributed by atoms with Crippen LogP contribution in [0.4, 0.5) is 11.6 Å². The number of hydrogen-bond donors (Lipinski definition) is 2. The fraction of sp³-hybridized carbons (Fsp3) is 0.636. The van der Waals surface area contributed by atoms with E-state index in [4.69, 9.17) is 10.5 Å². The zero-order chi connectivity index (χ0) is 11.4. The fourth-order valence-corrected chi connectivity index (χ4v) is 1.81. The van der Waals surface area contributed by atoms with Crippen molar-refractivity contribution in [1.29, 1.82) is 0 Å². The molecule has 1 aromatic heterocycles. The summed E-state index contributed by atoms with van der Waals surface area (Å²) in [6.45, 7) is 4.87. The first-order chi connectivity index (χ1) is 7.68. The zero-order valence-electron chi connectivity index (χ0n) is 9.57. The van der Waals surface area contributed by atoms with Gasteiger partial charge in [0.2, 0.25) is 0 Å². The Morgan fingerprint density at radius 3 is 2.88 bits per heavy atom. The van der Waals surface area contributed by atoms with E-state index in [1.165, 1.54) is 6.33 Å². The highest BCUT2D eigenvalue weighted by Crippen LogP contribution is 2.29. The lowest BCUT2D eigenvalue weighted by atomic mass is 9.82. The Bertz CT molecular complexity index is 350. The lowest BCUT2D eigenvalue weighted by molar-refractivity contribution is 0.0300. The van der Waals surface area contributed by atoms with Crippen LogP contribution in [0.25, 0.3) is 0 Å². The smallest absolute Gasteiger partial charge is 0.131 e. The van der Waals surface area contributed by atoms with Gasteiger partial charge in [0.25, 0.3) is 0 Å². The van der Waals surface area contributed by atoms with Crippen LogP contribution in [-0.2, 0) is 4.74 Å². The Morgan fingerprint density at radius 1 is 1.44 bits per heavy atom. The first kappa shape index (κ1) is 11.1. The van der Waals surface area contributed by atoms with Crippen LogP contribution in [-0.4, -0.2) is 29.7 Å². The average molecular weight is 222 g/mol. The second-order valence-electron chi connectivity index (χ2n) is 4.60. The maximum Gasteiger partial charge on any atom is 0.131 e. The Labute approximate surface area is 95.4 Å². The molecule has 0 spiro atoms. The molecule has 5 heteroatoms. The van der Waals surface area contributed by atoms with Gasteiger partial charge in [0.1, 0.15) is 18.0 Å². The summed E-state index contributed by atoms with van der Waals surface area (Å²) in [7, 11) is 0. The van der Waals surface area contributed by atoms with E-state index >= 15 is 0 Å². The van der Waals surface area contributed by atoms with Crippen LogP contribution in [0.5, 0.6) is 0 Å². The molecule has 1 aromatic rings. The summed E-state index contributed by atoms with van der Waals surface area (Å²) in [5.74, 6) is 1.29. The number of aromatic nitrogens is 2. The van der Waals surface area contributed by atoms with Gasteiger partial charge in [-0.2, -0.15) is 0 Å².